The highest BCUT2D eigenvalue weighted by atomic mass is 16.5. The molecule has 0 aromatic heterocycles. The highest BCUT2D eigenvalue weighted by molar-refractivity contribution is 5.91. The van der Waals surface area contributed by atoms with E-state index in [1.807, 2.05) is 12.1 Å². The maximum Gasteiger partial charge on any atom is 0.343 e. The predicted octanol–water partition coefficient (Wildman–Crippen LogP) is 8.81. The SMILES string of the molecule is CCCCCCCCCCOc1ccc(OC(=O)c2ccc(N=Cc3ccc(OCCCCCCO)cc3O)cc2)cc1. The molecular weight excluding hydrogens is 542 g/mol. The van der Waals surface area contributed by atoms with E-state index in [4.69, 9.17) is 19.3 Å². The lowest BCUT2D eigenvalue weighted by molar-refractivity contribution is 0.0734. The molecular formula is C36H47NO6. The summed E-state index contributed by atoms with van der Waals surface area (Å²) in [6, 6.07) is 19.0. The highest BCUT2D eigenvalue weighted by Gasteiger charge is 2.09. The molecule has 0 aliphatic rings. The van der Waals surface area contributed by atoms with Crippen molar-refractivity contribution in [2.75, 3.05) is 19.8 Å². The van der Waals surface area contributed by atoms with Crippen LogP contribution in [0.15, 0.2) is 71.7 Å². The van der Waals surface area contributed by atoms with E-state index >= 15 is 0 Å². The maximum atomic E-state index is 12.6. The molecule has 0 amide bonds. The third kappa shape index (κ3) is 13.3. The van der Waals surface area contributed by atoms with Crippen molar-refractivity contribution in [3.63, 3.8) is 0 Å². The minimum Gasteiger partial charge on any atom is -0.507 e. The molecule has 0 spiro atoms. The first-order valence-electron chi connectivity index (χ1n) is 15.7. The number of hydrogen-bond donors (Lipinski definition) is 2. The van der Waals surface area contributed by atoms with E-state index in [2.05, 4.69) is 11.9 Å². The van der Waals surface area contributed by atoms with Crippen molar-refractivity contribution in [3.8, 4) is 23.0 Å². The van der Waals surface area contributed by atoms with Crippen molar-refractivity contribution in [2.24, 2.45) is 4.99 Å². The van der Waals surface area contributed by atoms with Crippen LogP contribution in [0.1, 0.15) is 99.9 Å². The number of nitrogens with zero attached hydrogens (tertiary/aromatic N) is 1. The highest BCUT2D eigenvalue weighted by Crippen LogP contribution is 2.24. The normalized spacial score (nSPS) is 11.1. The van der Waals surface area contributed by atoms with Gasteiger partial charge in [0.05, 0.1) is 24.5 Å². The summed E-state index contributed by atoms with van der Waals surface area (Å²) in [6.07, 6.45) is 15.3. The van der Waals surface area contributed by atoms with Crippen molar-refractivity contribution >= 4 is 17.9 Å². The number of hydrogen-bond acceptors (Lipinski definition) is 7. The van der Waals surface area contributed by atoms with Crippen LogP contribution in [0.5, 0.6) is 23.0 Å². The van der Waals surface area contributed by atoms with Gasteiger partial charge >= 0.3 is 5.97 Å². The average Bonchev–Trinajstić information content (AvgIpc) is 3.02. The molecule has 3 rings (SSSR count). The molecule has 43 heavy (non-hydrogen) atoms. The topological polar surface area (TPSA) is 97.6 Å². The lowest BCUT2D eigenvalue weighted by Crippen LogP contribution is -2.08. The fourth-order valence-corrected chi connectivity index (χ4v) is 4.50. The number of aliphatic imine (C=N–C) groups is 1. The van der Waals surface area contributed by atoms with Crippen LogP contribution in [0.3, 0.4) is 0 Å². The van der Waals surface area contributed by atoms with Crippen LogP contribution in [-0.2, 0) is 0 Å². The van der Waals surface area contributed by atoms with Gasteiger partial charge in [0.15, 0.2) is 0 Å². The van der Waals surface area contributed by atoms with Gasteiger partial charge in [-0.2, -0.15) is 0 Å². The first-order chi connectivity index (χ1) is 21.1. The lowest BCUT2D eigenvalue weighted by atomic mass is 10.1. The van der Waals surface area contributed by atoms with E-state index in [0.717, 1.165) is 37.9 Å². The van der Waals surface area contributed by atoms with Crippen molar-refractivity contribution < 1.29 is 29.2 Å². The van der Waals surface area contributed by atoms with Gasteiger partial charge in [-0.25, -0.2) is 4.79 Å². The molecule has 0 aliphatic carbocycles. The standard InChI is InChI=1S/C36H47NO6/c1-2-3-4-5-6-7-9-12-25-41-32-20-22-33(23-21-32)43-36(40)29-14-17-31(18-15-29)37-28-30-16-19-34(27-35(30)39)42-26-13-10-8-11-24-38/h14-23,27-28,38-39H,2-13,24-26H2,1H3. The number of ether oxygens (including phenoxy) is 3. The first kappa shape index (κ1) is 33.7. The van der Waals surface area contributed by atoms with Crippen LogP contribution in [0.25, 0.3) is 0 Å². The molecule has 7 nitrogen and oxygen atoms in total. The minimum absolute atomic E-state index is 0.0753. The van der Waals surface area contributed by atoms with E-state index < -0.39 is 5.97 Å². The smallest absolute Gasteiger partial charge is 0.343 e. The Morgan fingerprint density at radius 1 is 0.698 bits per heavy atom. The summed E-state index contributed by atoms with van der Waals surface area (Å²) < 4.78 is 17.0. The van der Waals surface area contributed by atoms with Gasteiger partial charge in [-0.1, -0.05) is 58.3 Å². The Hall–Kier alpha value is -3.84. The molecule has 7 heteroatoms. The molecule has 0 radical (unpaired) electrons. The van der Waals surface area contributed by atoms with Gasteiger partial charge in [-0.05, 0) is 86.3 Å². The van der Waals surface area contributed by atoms with Gasteiger partial charge in [-0.3, -0.25) is 4.99 Å². The predicted molar refractivity (Wildman–Crippen MR) is 172 cm³/mol. The zero-order chi connectivity index (χ0) is 30.5. The summed E-state index contributed by atoms with van der Waals surface area (Å²) in [4.78, 5) is 17.0. The second kappa shape index (κ2) is 20.1. The van der Waals surface area contributed by atoms with Crippen LogP contribution in [0.4, 0.5) is 5.69 Å². The molecule has 3 aromatic rings. The monoisotopic (exact) mass is 589 g/mol. The Morgan fingerprint density at radius 2 is 1.26 bits per heavy atom. The zero-order valence-corrected chi connectivity index (χ0v) is 25.5. The summed E-state index contributed by atoms with van der Waals surface area (Å²) >= 11 is 0. The number of unbranched alkanes of at least 4 members (excludes halogenated alkanes) is 10. The Bertz CT molecular complexity index is 1220. The van der Waals surface area contributed by atoms with Crippen LogP contribution < -0.4 is 14.2 Å². The quantitative estimate of drug-likeness (QED) is 0.0558. The number of phenolic OH excluding ortho intramolecular Hbond substituents is 1. The molecule has 232 valence electrons. The van der Waals surface area contributed by atoms with Crippen molar-refractivity contribution in [2.45, 2.75) is 84.0 Å². The Morgan fingerprint density at radius 3 is 1.88 bits per heavy atom. The van der Waals surface area contributed by atoms with Gasteiger partial charge < -0.3 is 24.4 Å². The third-order valence-electron chi connectivity index (χ3n) is 7.08. The largest absolute Gasteiger partial charge is 0.507 e. The Balaban J connectivity index is 1.38. The number of aliphatic hydroxyl groups is 1. The van der Waals surface area contributed by atoms with E-state index in [9.17, 15) is 9.90 Å². The van der Waals surface area contributed by atoms with Gasteiger partial charge in [0.1, 0.15) is 23.0 Å². The molecule has 0 atom stereocenters. The van der Waals surface area contributed by atoms with E-state index in [-0.39, 0.29) is 12.4 Å². The zero-order valence-electron chi connectivity index (χ0n) is 25.5. The number of carbonyl (C=O) groups is 1. The number of benzene rings is 3. The lowest BCUT2D eigenvalue weighted by Gasteiger charge is -2.08. The van der Waals surface area contributed by atoms with Crippen molar-refractivity contribution in [3.05, 3.63) is 77.9 Å². The number of carbonyl (C=O) groups excluding carboxylic acids is 1. The summed E-state index contributed by atoms with van der Waals surface area (Å²) in [6.45, 7) is 3.71. The van der Waals surface area contributed by atoms with Crippen molar-refractivity contribution in [1.29, 1.82) is 0 Å². The summed E-state index contributed by atoms with van der Waals surface area (Å²) in [7, 11) is 0. The van der Waals surface area contributed by atoms with Crippen LogP contribution in [0.2, 0.25) is 0 Å². The van der Waals surface area contributed by atoms with E-state index in [1.165, 1.54) is 44.9 Å². The van der Waals surface area contributed by atoms with Crippen LogP contribution in [-0.4, -0.2) is 42.2 Å². The average molecular weight is 590 g/mol. The molecule has 0 saturated heterocycles. The number of phenols is 1. The summed E-state index contributed by atoms with van der Waals surface area (Å²) in [5.74, 6) is 1.44. The van der Waals surface area contributed by atoms with Crippen molar-refractivity contribution in [1.82, 2.24) is 0 Å². The molecule has 0 saturated carbocycles. The number of rotatable bonds is 21. The van der Waals surface area contributed by atoms with Gasteiger partial charge in [0, 0.05) is 24.5 Å². The van der Waals surface area contributed by atoms with Gasteiger partial charge in [0.25, 0.3) is 0 Å². The number of aliphatic hydroxyl groups excluding tert-OH is 1. The van der Waals surface area contributed by atoms with Crippen LogP contribution in [0, 0.1) is 0 Å². The molecule has 0 fully saturated rings. The van der Waals surface area contributed by atoms with E-state index in [0.29, 0.717) is 41.5 Å². The number of esters is 1. The Labute approximate surface area is 256 Å². The fraction of sp³-hybridized carbons (Fsp3) is 0.444. The molecule has 2 N–H and O–H groups in total. The summed E-state index contributed by atoms with van der Waals surface area (Å²) in [5, 5.41) is 19.2. The molecule has 0 unspecified atom stereocenters. The van der Waals surface area contributed by atoms with Gasteiger partial charge in [-0.15, -0.1) is 0 Å². The second-order valence-electron chi connectivity index (χ2n) is 10.7. The number of aromatic hydroxyl groups is 1. The second-order valence-corrected chi connectivity index (χ2v) is 10.7. The maximum absolute atomic E-state index is 12.6. The molecule has 0 aliphatic heterocycles. The van der Waals surface area contributed by atoms with Gasteiger partial charge in [0.2, 0.25) is 0 Å². The molecule has 0 bridgehead atoms. The van der Waals surface area contributed by atoms with Crippen LogP contribution >= 0.6 is 0 Å². The summed E-state index contributed by atoms with van der Waals surface area (Å²) in [5.41, 5.74) is 1.61. The van der Waals surface area contributed by atoms with E-state index in [1.54, 1.807) is 60.8 Å². The molecule has 3 aromatic carbocycles. The minimum atomic E-state index is -0.454. The third-order valence-corrected chi connectivity index (χ3v) is 7.08. The Kier molecular flexibility index (Phi) is 15.8. The fourth-order valence-electron chi connectivity index (χ4n) is 4.50. The first-order valence-corrected chi connectivity index (χ1v) is 15.7. The molecule has 0 heterocycles.